The molecule has 1 aromatic carbocycles. The molecule has 17 heavy (non-hydrogen) atoms. The van der Waals surface area contributed by atoms with Crippen LogP contribution < -0.4 is 5.73 Å². The normalized spacial score (nSPS) is 11.4. The molecule has 0 spiro atoms. The fourth-order valence-corrected chi connectivity index (χ4v) is 1.42. The molecule has 3 N–H and O–H groups in total. The van der Waals surface area contributed by atoms with Crippen molar-refractivity contribution in [1.82, 2.24) is 0 Å². The zero-order valence-corrected chi connectivity index (χ0v) is 10.5. The molecule has 4 nitrogen and oxygen atoms in total. The molecule has 0 radical (unpaired) electrons. The molecule has 0 atom stereocenters. The molecule has 94 valence electrons. The number of carbonyl (C=O) groups excluding carboxylic acids is 1. The SMILES string of the molecule is CC(C)(C)OC(=O)c1cc(CO)ccc1CN. The average Bonchev–Trinajstić information content (AvgIpc) is 2.25. The number of rotatable bonds is 3. The van der Waals surface area contributed by atoms with E-state index in [1.165, 1.54) is 0 Å². The van der Waals surface area contributed by atoms with Crippen LogP contribution in [0.4, 0.5) is 0 Å². The van der Waals surface area contributed by atoms with Gasteiger partial charge < -0.3 is 15.6 Å². The lowest BCUT2D eigenvalue weighted by Crippen LogP contribution is -2.25. The van der Waals surface area contributed by atoms with Crippen LogP contribution in [0.5, 0.6) is 0 Å². The van der Waals surface area contributed by atoms with Crippen LogP contribution in [-0.2, 0) is 17.9 Å². The van der Waals surface area contributed by atoms with E-state index in [0.717, 1.165) is 5.56 Å². The molecule has 0 saturated carbocycles. The first-order chi connectivity index (χ1) is 7.87. The Balaban J connectivity index is 3.05. The maximum Gasteiger partial charge on any atom is 0.338 e. The molecule has 0 aliphatic heterocycles. The van der Waals surface area contributed by atoms with E-state index < -0.39 is 11.6 Å². The van der Waals surface area contributed by atoms with Crippen molar-refractivity contribution in [2.75, 3.05) is 0 Å². The van der Waals surface area contributed by atoms with E-state index in [4.69, 9.17) is 15.6 Å². The average molecular weight is 237 g/mol. The highest BCUT2D eigenvalue weighted by atomic mass is 16.6. The molecule has 1 aromatic rings. The van der Waals surface area contributed by atoms with Crippen molar-refractivity contribution in [3.63, 3.8) is 0 Å². The molecular formula is C13H19NO3. The maximum absolute atomic E-state index is 11.9. The Hall–Kier alpha value is -1.39. The molecule has 0 unspecified atom stereocenters. The Morgan fingerprint density at radius 1 is 1.41 bits per heavy atom. The van der Waals surface area contributed by atoms with Gasteiger partial charge in [-0.3, -0.25) is 0 Å². The van der Waals surface area contributed by atoms with Crippen molar-refractivity contribution in [2.24, 2.45) is 5.73 Å². The number of hydrogen-bond acceptors (Lipinski definition) is 4. The molecule has 0 heterocycles. The highest BCUT2D eigenvalue weighted by molar-refractivity contribution is 5.91. The summed E-state index contributed by atoms with van der Waals surface area (Å²) in [6.07, 6.45) is 0. The molecule has 0 saturated heterocycles. The summed E-state index contributed by atoms with van der Waals surface area (Å²) in [4.78, 5) is 11.9. The summed E-state index contributed by atoms with van der Waals surface area (Å²) in [5.41, 5.74) is 6.84. The summed E-state index contributed by atoms with van der Waals surface area (Å²) in [5.74, 6) is -0.409. The lowest BCUT2D eigenvalue weighted by molar-refractivity contribution is 0.00682. The van der Waals surface area contributed by atoms with E-state index in [-0.39, 0.29) is 13.2 Å². The Bertz CT molecular complexity index is 408. The van der Waals surface area contributed by atoms with E-state index >= 15 is 0 Å². The van der Waals surface area contributed by atoms with E-state index in [0.29, 0.717) is 11.1 Å². The van der Waals surface area contributed by atoms with Crippen LogP contribution in [0.25, 0.3) is 0 Å². The summed E-state index contributed by atoms with van der Waals surface area (Å²) < 4.78 is 5.29. The monoisotopic (exact) mass is 237 g/mol. The van der Waals surface area contributed by atoms with Crippen LogP contribution in [0.3, 0.4) is 0 Å². The van der Waals surface area contributed by atoms with Gasteiger partial charge in [-0.1, -0.05) is 12.1 Å². The minimum atomic E-state index is -0.543. The Kier molecular flexibility index (Phi) is 4.26. The number of aliphatic hydroxyl groups is 1. The Morgan fingerprint density at radius 2 is 2.06 bits per heavy atom. The van der Waals surface area contributed by atoms with Crippen molar-refractivity contribution in [2.45, 2.75) is 39.5 Å². The van der Waals surface area contributed by atoms with Crippen LogP contribution in [0.2, 0.25) is 0 Å². The second kappa shape index (κ2) is 5.29. The summed E-state index contributed by atoms with van der Waals surface area (Å²) >= 11 is 0. The molecule has 4 heteroatoms. The Labute approximate surface area is 101 Å². The van der Waals surface area contributed by atoms with Gasteiger partial charge in [-0.05, 0) is 38.0 Å². The molecule has 0 bridgehead atoms. The van der Waals surface area contributed by atoms with Crippen LogP contribution in [0, 0.1) is 0 Å². The van der Waals surface area contributed by atoms with E-state index in [1.54, 1.807) is 18.2 Å². The number of aliphatic hydroxyl groups excluding tert-OH is 1. The van der Waals surface area contributed by atoms with Gasteiger partial charge in [0.1, 0.15) is 5.60 Å². The van der Waals surface area contributed by atoms with E-state index in [2.05, 4.69) is 0 Å². The standard InChI is InChI=1S/C13H19NO3/c1-13(2,3)17-12(16)11-6-9(8-15)4-5-10(11)7-14/h4-6,15H,7-8,14H2,1-3H3. The summed E-state index contributed by atoms with van der Waals surface area (Å²) in [5, 5.41) is 9.06. The van der Waals surface area contributed by atoms with Gasteiger partial charge in [-0.2, -0.15) is 0 Å². The predicted molar refractivity (Wildman–Crippen MR) is 65.4 cm³/mol. The number of benzene rings is 1. The fraction of sp³-hybridized carbons (Fsp3) is 0.462. The number of ether oxygens (including phenoxy) is 1. The third-order valence-electron chi connectivity index (χ3n) is 2.20. The smallest absolute Gasteiger partial charge is 0.338 e. The van der Waals surface area contributed by atoms with Crippen LogP contribution in [0.1, 0.15) is 42.3 Å². The van der Waals surface area contributed by atoms with Crippen LogP contribution in [-0.4, -0.2) is 16.7 Å². The summed E-state index contributed by atoms with van der Waals surface area (Å²) in [6.45, 7) is 5.58. The van der Waals surface area contributed by atoms with Crippen molar-refractivity contribution in [3.8, 4) is 0 Å². The fourth-order valence-electron chi connectivity index (χ4n) is 1.42. The minimum Gasteiger partial charge on any atom is -0.456 e. The molecule has 1 rings (SSSR count). The minimum absolute atomic E-state index is 0.110. The summed E-state index contributed by atoms with van der Waals surface area (Å²) in [7, 11) is 0. The topological polar surface area (TPSA) is 72.5 Å². The molecule has 0 aromatic heterocycles. The second-order valence-corrected chi connectivity index (χ2v) is 4.86. The van der Waals surface area contributed by atoms with Crippen molar-refractivity contribution in [1.29, 1.82) is 0 Å². The van der Waals surface area contributed by atoms with Gasteiger partial charge in [-0.15, -0.1) is 0 Å². The van der Waals surface area contributed by atoms with E-state index in [9.17, 15) is 4.79 Å². The lowest BCUT2D eigenvalue weighted by Gasteiger charge is -2.20. The number of esters is 1. The maximum atomic E-state index is 11.9. The van der Waals surface area contributed by atoms with Gasteiger partial charge in [0.2, 0.25) is 0 Å². The first kappa shape index (κ1) is 13.7. The predicted octanol–water partition coefficient (Wildman–Crippen LogP) is 1.59. The lowest BCUT2D eigenvalue weighted by atomic mass is 10.0. The van der Waals surface area contributed by atoms with Gasteiger partial charge in [0, 0.05) is 6.54 Å². The molecular weight excluding hydrogens is 218 g/mol. The first-order valence-electron chi connectivity index (χ1n) is 5.53. The number of nitrogens with two attached hydrogens (primary N) is 1. The third-order valence-corrected chi connectivity index (χ3v) is 2.20. The Morgan fingerprint density at radius 3 is 2.53 bits per heavy atom. The molecule has 0 aliphatic rings. The third kappa shape index (κ3) is 3.84. The van der Waals surface area contributed by atoms with Crippen molar-refractivity contribution >= 4 is 5.97 Å². The largest absolute Gasteiger partial charge is 0.456 e. The highest BCUT2D eigenvalue weighted by Crippen LogP contribution is 2.17. The zero-order valence-electron chi connectivity index (χ0n) is 10.5. The van der Waals surface area contributed by atoms with Crippen LogP contribution >= 0.6 is 0 Å². The van der Waals surface area contributed by atoms with Gasteiger partial charge in [0.15, 0.2) is 0 Å². The number of hydrogen-bond donors (Lipinski definition) is 2. The number of carbonyl (C=O) groups is 1. The van der Waals surface area contributed by atoms with Gasteiger partial charge >= 0.3 is 5.97 Å². The van der Waals surface area contributed by atoms with Crippen LogP contribution in [0.15, 0.2) is 18.2 Å². The quantitative estimate of drug-likeness (QED) is 0.783. The van der Waals surface area contributed by atoms with Crippen molar-refractivity contribution in [3.05, 3.63) is 34.9 Å². The van der Waals surface area contributed by atoms with Gasteiger partial charge in [0.05, 0.1) is 12.2 Å². The molecule has 0 aliphatic carbocycles. The first-order valence-corrected chi connectivity index (χ1v) is 5.53. The summed E-state index contributed by atoms with van der Waals surface area (Å²) in [6, 6.07) is 5.11. The zero-order chi connectivity index (χ0) is 13.1. The van der Waals surface area contributed by atoms with Gasteiger partial charge in [-0.25, -0.2) is 4.79 Å². The molecule has 0 amide bonds. The molecule has 0 fully saturated rings. The second-order valence-electron chi connectivity index (χ2n) is 4.86. The van der Waals surface area contributed by atoms with Gasteiger partial charge in [0.25, 0.3) is 0 Å². The van der Waals surface area contributed by atoms with Crippen molar-refractivity contribution < 1.29 is 14.6 Å². The van der Waals surface area contributed by atoms with E-state index in [1.807, 2.05) is 20.8 Å². The highest BCUT2D eigenvalue weighted by Gasteiger charge is 2.20.